The van der Waals surface area contributed by atoms with Crippen LogP contribution in [0.3, 0.4) is 0 Å². The summed E-state index contributed by atoms with van der Waals surface area (Å²) in [6, 6.07) is 24.6. The number of hydrogen-bond acceptors (Lipinski definition) is 3. The number of quaternary nitrogens is 1. The van der Waals surface area contributed by atoms with Crippen molar-refractivity contribution < 1.29 is 9.32 Å². The van der Waals surface area contributed by atoms with Crippen LogP contribution in [0.2, 0.25) is 0 Å². The Hall–Kier alpha value is -2.96. The molecule has 0 spiro atoms. The van der Waals surface area contributed by atoms with Gasteiger partial charge in [0, 0.05) is 5.56 Å². The fourth-order valence-electron chi connectivity index (χ4n) is 3.43. The Morgan fingerprint density at radius 3 is 2.24 bits per heavy atom. The molecule has 0 saturated carbocycles. The quantitative estimate of drug-likeness (QED) is 0.454. The number of nitrogens with one attached hydrogen (secondary N) is 1. The average molecular weight is 406 g/mol. The van der Waals surface area contributed by atoms with E-state index in [9.17, 15) is 0 Å². The highest BCUT2D eigenvalue weighted by Crippen LogP contribution is 2.20. The zero-order valence-electron chi connectivity index (χ0n) is 16.5. The van der Waals surface area contributed by atoms with Crippen molar-refractivity contribution in [3.63, 3.8) is 0 Å². The predicted molar refractivity (Wildman–Crippen MR) is 116 cm³/mol. The van der Waals surface area contributed by atoms with Crippen LogP contribution in [-0.4, -0.2) is 20.9 Å². The normalized spacial score (nSPS) is 12.2. The number of benzene rings is 2. The van der Waals surface area contributed by atoms with Gasteiger partial charge in [-0.3, -0.25) is 4.57 Å². The van der Waals surface area contributed by atoms with E-state index in [1.807, 2.05) is 41.1 Å². The van der Waals surface area contributed by atoms with Gasteiger partial charge in [0.25, 0.3) is 0 Å². The zero-order valence-corrected chi connectivity index (χ0v) is 17.3. The number of nitrogens with zero attached hydrogens (tertiary/aromatic N) is 3. The molecule has 1 unspecified atom stereocenters. The summed E-state index contributed by atoms with van der Waals surface area (Å²) in [4.78, 5) is 1.39. The van der Waals surface area contributed by atoms with E-state index in [-0.39, 0.29) is 0 Å². The third kappa shape index (κ3) is 4.55. The van der Waals surface area contributed by atoms with Gasteiger partial charge >= 0.3 is 0 Å². The van der Waals surface area contributed by atoms with Crippen LogP contribution in [-0.2, 0) is 19.8 Å². The molecule has 2 aromatic carbocycles. The zero-order chi connectivity index (χ0) is 20.1. The van der Waals surface area contributed by atoms with Crippen LogP contribution in [0.5, 0.6) is 0 Å². The van der Waals surface area contributed by atoms with Crippen molar-refractivity contribution in [1.82, 2.24) is 14.3 Å². The second kappa shape index (κ2) is 9.03. The first-order valence-corrected chi connectivity index (χ1v) is 10.3. The number of hydrogen-bond donors (Lipinski definition) is 1. The first-order valence-electron chi connectivity index (χ1n) is 9.87. The van der Waals surface area contributed by atoms with Gasteiger partial charge in [0.05, 0.1) is 19.4 Å². The lowest BCUT2D eigenvalue weighted by Crippen LogP contribution is -3.09. The topological polar surface area (TPSA) is 40.3 Å². The van der Waals surface area contributed by atoms with E-state index in [1.54, 1.807) is 6.26 Å². The molecule has 0 aliphatic rings. The Kier molecular flexibility index (Phi) is 6.03. The minimum absolute atomic E-state index is 0.663. The average Bonchev–Trinajstić information content (AvgIpc) is 3.39. The van der Waals surface area contributed by atoms with Gasteiger partial charge in [0.15, 0.2) is 18.3 Å². The number of furan rings is 1. The van der Waals surface area contributed by atoms with Crippen LogP contribution in [0.25, 0.3) is 11.6 Å². The lowest BCUT2D eigenvalue weighted by atomic mass is 10.2. The lowest BCUT2D eigenvalue weighted by molar-refractivity contribution is -0.935. The summed E-state index contributed by atoms with van der Waals surface area (Å²) in [6.07, 6.45) is 1.67. The van der Waals surface area contributed by atoms with Gasteiger partial charge in [-0.15, -0.1) is 5.10 Å². The third-order valence-electron chi connectivity index (χ3n) is 5.02. The van der Waals surface area contributed by atoms with Crippen molar-refractivity contribution in [1.29, 1.82) is 0 Å². The highest BCUT2D eigenvalue weighted by atomic mass is 32.1. The van der Waals surface area contributed by atoms with Crippen molar-refractivity contribution in [2.45, 2.75) is 26.7 Å². The molecule has 2 heterocycles. The van der Waals surface area contributed by atoms with E-state index in [0.717, 1.165) is 24.7 Å². The van der Waals surface area contributed by atoms with Crippen LogP contribution < -0.4 is 4.90 Å². The Balaban J connectivity index is 1.65. The van der Waals surface area contributed by atoms with E-state index < -0.39 is 0 Å². The van der Waals surface area contributed by atoms with Gasteiger partial charge in [-0.25, -0.2) is 0 Å². The second-order valence-corrected chi connectivity index (χ2v) is 7.44. The van der Waals surface area contributed by atoms with Crippen LogP contribution >= 0.6 is 12.2 Å². The summed E-state index contributed by atoms with van der Waals surface area (Å²) >= 11 is 5.83. The standard InChI is InChI=1S/C23H24N4OS/c1-2-25(16-19-10-5-3-6-11-19)18-27-23(29)26(17-20-12-7-4-8-13-20)22(24-27)21-14-9-15-28-21/h3-15H,2,16-18H2,1H3/p+1. The molecular weight excluding hydrogens is 380 g/mol. The molecule has 1 N–H and O–H groups in total. The molecule has 0 aliphatic heterocycles. The summed E-state index contributed by atoms with van der Waals surface area (Å²) < 4.78 is 10.3. The lowest BCUT2D eigenvalue weighted by Gasteiger charge is -2.17. The molecule has 0 bridgehead atoms. The minimum atomic E-state index is 0.663. The summed E-state index contributed by atoms with van der Waals surface area (Å²) in [7, 11) is 0. The molecule has 1 atom stereocenters. The molecule has 0 saturated heterocycles. The maximum atomic E-state index is 5.83. The van der Waals surface area contributed by atoms with Gasteiger partial charge < -0.3 is 9.32 Å². The molecular formula is C23H25N4OS+. The molecule has 2 aromatic heterocycles. The second-order valence-electron chi connectivity index (χ2n) is 7.08. The Morgan fingerprint density at radius 1 is 0.931 bits per heavy atom. The largest absolute Gasteiger partial charge is 0.461 e. The first-order chi connectivity index (χ1) is 14.2. The van der Waals surface area contributed by atoms with Gasteiger partial charge in [-0.2, -0.15) is 4.68 Å². The van der Waals surface area contributed by atoms with Crippen LogP contribution in [0, 0.1) is 4.77 Å². The number of aromatic nitrogens is 3. The summed E-state index contributed by atoms with van der Waals surface area (Å²) in [6.45, 7) is 5.48. The molecule has 4 rings (SSSR count). The minimum Gasteiger partial charge on any atom is -0.461 e. The van der Waals surface area contributed by atoms with E-state index >= 15 is 0 Å². The molecule has 0 fully saturated rings. The maximum absolute atomic E-state index is 5.83. The molecule has 148 valence electrons. The van der Waals surface area contributed by atoms with Crippen molar-refractivity contribution in [2.24, 2.45) is 0 Å². The monoisotopic (exact) mass is 405 g/mol. The summed E-state index contributed by atoms with van der Waals surface area (Å²) in [5, 5.41) is 4.84. The van der Waals surface area contributed by atoms with Crippen molar-refractivity contribution in [3.05, 3.63) is 95.0 Å². The Bertz CT molecular complexity index is 1090. The summed E-state index contributed by atoms with van der Waals surface area (Å²) in [5.74, 6) is 1.49. The molecule has 5 nitrogen and oxygen atoms in total. The smallest absolute Gasteiger partial charge is 0.203 e. The van der Waals surface area contributed by atoms with Crippen molar-refractivity contribution in [3.8, 4) is 11.6 Å². The highest BCUT2D eigenvalue weighted by Gasteiger charge is 2.18. The fourth-order valence-corrected chi connectivity index (χ4v) is 3.69. The molecule has 6 heteroatoms. The first kappa shape index (κ1) is 19.4. The maximum Gasteiger partial charge on any atom is 0.203 e. The van der Waals surface area contributed by atoms with E-state index in [4.69, 9.17) is 21.7 Å². The molecule has 0 aliphatic carbocycles. The van der Waals surface area contributed by atoms with E-state index in [1.165, 1.54) is 16.0 Å². The van der Waals surface area contributed by atoms with Gasteiger partial charge in [-0.05, 0) is 36.8 Å². The Morgan fingerprint density at radius 2 is 1.62 bits per heavy atom. The molecule has 0 amide bonds. The van der Waals surface area contributed by atoms with Gasteiger partial charge in [0.2, 0.25) is 4.77 Å². The van der Waals surface area contributed by atoms with Crippen LogP contribution in [0.4, 0.5) is 0 Å². The Labute approximate surface area is 175 Å². The van der Waals surface area contributed by atoms with Crippen molar-refractivity contribution >= 4 is 12.2 Å². The van der Waals surface area contributed by atoms with Gasteiger partial charge in [-0.1, -0.05) is 60.7 Å². The molecule has 0 radical (unpaired) electrons. The van der Waals surface area contributed by atoms with Gasteiger partial charge in [0.1, 0.15) is 6.54 Å². The SMILES string of the molecule is CC[NH+](Cc1ccccc1)Cn1nc(-c2ccco2)n(Cc2ccccc2)c1=S. The highest BCUT2D eigenvalue weighted by molar-refractivity contribution is 7.71. The van der Waals surface area contributed by atoms with Crippen molar-refractivity contribution in [2.75, 3.05) is 6.54 Å². The van der Waals surface area contributed by atoms with E-state index in [0.29, 0.717) is 18.0 Å². The predicted octanol–water partition coefficient (Wildman–Crippen LogP) is 3.78. The summed E-state index contributed by atoms with van der Waals surface area (Å²) in [5.41, 5.74) is 2.49. The molecule has 4 aromatic rings. The van der Waals surface area contributed by atoms with E-state index in [2.05, 4.69) is 47.9 Å². The molecule has 29 heavy (non-hydrogen) atoms. The number of rotatable bonds is 8. The fraction of sp³-hybridized carbons (Fsp3) is 0.217. The van der Waals surface area contributed by atoms with Crippen LogP contribution in [0.1, 0.15) is 18.1 Å². The van der Waals surface area contributed by atoms with Crippen LogP contribution in [0.15, 0.2) is 83.5 Å². The third-order valence-corrected chi connectivity index (χ3v) is 5.45.